The van der Waals surface area contributed by atoms with Gasteiger partial charge >= 0.3 is 5.97 Å². The number of ether oxygens (including phenoxy) is 1. The molecule has 0 radical (unpaired) electrons. The zero-order chi connectivity index (χ0) is 18.6. The molecule has 132 valence electrons. The highest BCUT2D eigenvalue weighted by atomic mass is 16.5. The Kier molecular flexibility index (Phi) is 5.43. The normalized spacial score (nSPS) is 10.2. The number of carbonyl (C=O) groups excluding carboxylic acids is 2. The molecule has 0 saturated carbocycles. The van der Waals surface area contributed by atoms with Crippen LogP contribution in [0.15, 0.2) is 34.7 Å². The Bertz CT molecular complexity index is 809. The van der Waals surface area contributed by atoms with Crippen LogP contribution in [0.5, 0.6) is 5.75 Å². The number of carboxylic acids is 1. The van der Waals surface area contributed by atoms with Crippen LogP contribution in [-0.4, -0.2) is 48.5 Å². The van der Waals surface area contributed by atoms with Gasteiger partial charge in [0.15, 0.2) is 5.76 Å². The van der Waals surface area contributed by atoms with Gasteiger partial charge in [0.25, 0.3) is 11.8 Å². The molecule has 0 fully saturated rings. The second-order valence-corrected chi connectivity index (χ2v) is 5.27. The first-order valence-electron chi connectivity index (χ1n) is 7.46. The van der Waals surface area contributed by atoms with Crippen LogP contribution in [0.25, 0.3) is 0 Å². The van der Waals surface area contributed by atoms with Gasteiger partial charge in [-0.15, -0.1) is 0 Å². The fourth-order valence-corrected chi connectivity index (χ4v) is 2.06. The summed E-state index contributed by atoms with van der Waals surface area (Å²) in [5, 5.41) is 11.4. The summed E-state index contributed by atoms with van der Waals surface area (Å²) < 4.78 is 10.4. The van der Waals surface area contributed by atoms with Crippen LogP contribution in [0.2, 0.25) is 0 Å². The lowest BCUT2D eigenvalue weighted by Gasteiger charge is -2.15. The first kappa shape index (κ1) is 18.1. The van der Waals surface area contributed by atoms with Crippen molar-refractivity contribution < 1.29 is 28.6 Å². The van der Waals surface area contributed by atoms with Crippen molar-refractivity contribution in [2.45, 2.75) is 6.92 Å². The van der Waals surface area contributed by atoms with E-state index in [4.69, 9.17) is 14.3 Å². The van der Waals surface area contributed by atoms with E-state index in [0.29, 0.717) is 17.9 Å². The summed E-state index contributed by atoms with van der Waals surface area (Å²) in [7, 11) is 3.24. The quantitative estimate of drug-likeness (QED) is 0.831. The molecule has 0 unspecified atom stereocenters. The Morgan fingerprint density at radius 2 is 1.84 bits per heavy atom. The van der Waals surface area contributed by atoms with Gasteiger partial charge in [-0.3, -0.25) is 9.59 Å². The summed E-state index contributed by atoms with van der Waals surface area (Å²) in [5.74, 6) is -2.27. The number of hydrogen-bond donors (Lipinski definition) is 2. The molecule has 8 nitrogen and oxygen atoms in total. The lowest BCUT2D eigenvalue weighted by molar-refractivity contribution is 0.0660. The van der Waals surface area contributed by atoms with Gasteiger partial charge in [0.05, 0.1) is 12.3 Å². The molecule has 0 spiro atoms. The van der Waals surface area contributed by atoms with Crippen molar-refractivity contribution in [2.24, 2.45) is 0 Å². The minimum atomic E-state index is -1.27. The monoisotopic (exact) mass is 346 g/mol. The number of nitrogens with one attached hydrogen (secondary N) is 1. The van der Waals surface area contributed by atoms with Crippen LogP contribution in [0.1, 0.15) is 38.4 Å². The topological polar surface area (TPSA) is 109 Å². The van der Waals surface area contributed by atoms with E-state index in [0.717, 1.165) is 0 Å². The average Bonchev–Trinajstić information content (AvgIpc) is 3.06. The number of rotatable bonds is 6. The van der Waals surface area contributed by atoms with Gasteiger partial charge in [0.2, 0.25) is 5.76 Å². The van der Waals surface area contributed by atoms with Crippen LogP contribution in [0.3, 0.4) is 0 Å². The third-order valence-corrected chi connectivity index (χ3v) is 3.22. The van der Waals surface area contributed by atoms with Crippen molar-refractivity contribution in [3.8, 4) is 5.75 Å². The number of carboxylic acid groups (broad SMARTS) is 1. The van der Waals surface area contributed by atoms with Crippen LogP contribution in [0.4, 0.5) is 5.69 Å². The zero-order valence-corrected chi connectivity index (χ0v) is 14.0. The number of anilines is 1. The molecule has 2 aromatic rings. The molecule has 0 aliphatic rings. The summed E-state index contributed by atoms with van der Waals surface area (Å²) in [5.41, 5.74) is 0.655. The highest BCUT2D eigenvalue weighted by molar-refractivity contribution is 6.05. The standard InChI is InChI=1S/C17H18N2O6/c1-4-24-12-6-5-10(16(21)19(2)3)9-11(12)18-15(20)13-7-8-14(25-13)17(22)23/h5-9H,4H2,1-3H3,(H,18,20)(H,22,23). The molecule has 25 heavy (non-hydrogen) atoms. The molecule has 0 bridgehead atoms. The van der Waals surface area contributed by atoms with Gasteiger partial charge < -0.3 is 24.5 Å². The highest BCUT2D eigenvalue weighted by Gasteiger charge is 2.18. The zero-order valence-electron chi connectivity index (χ0n) is 14.0. The molecule has 2 N–H and O–H groups in total. The smallest absolute Gasteiger partial charge is 0.371 e. The van der Waals surface area contributed by atoms with Crippen LogP contribution < -0.4 is 10.1 Å². The molecular formula is C17H18N2O6. The van der Waals surface area contributed by atoms with Crippen molar-refractivity contribution in [3.63, 3.8) is 0 Å². The minimum Gasteiger partial charge on any atom is -0.492 e. The van der Waals surface area contributed by atoms with E-state index in [1.54, 1.807) is 33.2 Å². The molecule has 0 atom stereocenters. The maximum Gasteiger partial charge on any atom is 0.371 e. The lowest BCUT2D eigenvalue weighted by atomic mass is 10.1. The summed E-state index contributed by atoms with van der Waals surface area (Å²) in [6.07, 6.45) is 0. The second kappa shape index (κ2) is 7.52. The third kappa shape index (κ3) is 4.17. The number of amides is 2. The maximum atomic E-state index is 12.3. The lowest BCUT2D eigenvalue weighted by Crippen LogP contribution is -2.22. The first-order chi connectivity index (χ1) is 11.8. The summed E-state index contributed by atoms with van der Waals surface area (Å²) in [6, 6.07) is 7.12. The molecule has 1 aromatic carbocycles. The van der Waals surface area contributed by atoms with E-state index < -0.39 is 11.9 Å². The Morgan fingerprint density at radius 1 is 1.16 bits per heavy atom. The van der Waals surface area contributed by atoms with Gasteiger partial charge in [-0.25, -0.2) is 4.79 Å². The Balaban J connectivity index is 2.31. The molecule has 0 aliphatic carbocycles. The number of carbonyl (C=O) groups is 3. The predicted octanol–water partition coefficient (Wildman–Crippen LogP) is 2.33. The third-order valence-electron chi connectivity index (χ3n) is 3.22. The molecule has 2 rings (SSSR count). The number of furan rings is 1. The fourth-order valence-electron chi connectivity index (χ4n) is 2.06. The van der Waals surface area contributed by atoms with Crippen LogP contribution in [0, 0.1) is 0 Å². The molecule has 1 aromatic heterocycles. The second-order valence-electron chi connectivity index (χ2n) is 5.27. The van der Waals surface area contributed by atoms with Gasteiger partial charge in [0.1, 0.15) is 5.75 Å². The van der Waals surface area contributed by atoms with Crippen molar-refractivity contribution in [1.29, 1.82) is 0 Å². The van der Waals surface area contributed by atoms with E-state index in [-0.39, 0.29) is 23.1 Å². The van der Waals surface area contributed by atoms with Gasteiger partial charge in [-0.1, -0.05) is 0 Å². The molecule has 2 amide bonds. The highest BCUT2D eigenvalue weighted by Crippen LogP contribution is 2.27. The molecular weight excluding hydrogens is 328 g/mol. The van der Waals surface area contributed by atoms with E-state index in [1.165, 1.54) is 23.1 Å². The molecule has 1 heterocycles. The Hall–Kier alpha value is -3.29. The predicted molar refractivity (Wildman–Crippen MR) is 89.2 cm³/mol. The average molecular weight is 346 g/mol. The van der Waals surface area contributed by atoms with Crippen molar-refractivity contribution in [2.75, 3.05) is 26.0 Å². The van der Waals surface area contributed by atoms with E-state index in [2.05, 4.69) is 5.32 Å². The first-order valence-corrected chi connectivity index (χ1v) is 7.46. The molecule has 8 heteroatoms. The number of nitrogens with zero attached hydrogens (tertiary/aromatic N) is 1. The summed E-state index contributed by atoms with van der Waals surface area (Å²) >= 11 is 0. The van der Waals surface area contributed by atoms with E-state index >= 15 is 0 Å². The Labute approximate surface area is 144 Å². The van der Waals surface area contributed by atoms with Crippen molar-refractivity contribution in [3.05, 3.63) is 47.4 Å². The van der Waals surface area contributed by atoms with Gasteiger partial charge in [-0.2, -0.15) is 0 Å². The van der Waals surface area contributed by atoms with Crippen LogP contribution in [-0.2, 0) is 0 Å². The van der Waals surface area contributed by atoms with Gasteiger partial charge in [-0.05, 0) is 37.3 Å². The Morgan fingerprint density at radius 3 is 2.40 bits per heavy atom. The molecule has 0 saturated heterocycles. The molecule has 0 aliphatic heterocycles. The van der Waals surface area contributed by atoms with Crippen molar-refractivity contribution >= 4 is 23.5 Å². The maximum absolute atomic E-state index is 12.3. The number of hydrogen-bond acceptors (Lipinski definition) is 5. The van der Waals surface area contributed by atoms with Crippen LogP contribution >= 0.6 is 0 Å². The van der Waals surface area contributed by atoms with E-state index in [9.17, 15) is 14.4 Å². The van der Waals surface area contributed by atoms with Gasteiger partial charge in [0, 0.05) is 19.7 Å². The van der Waals surface area contributed by atoms with E-state index in [1.807, 2.05) is 0 Å². The van der Waals surface area contributed by atoms with Crippen molar-refractivity contribution in [1.82, 2.24) is 4.90 Å². The SMILES string of the molecule is CCOc1ccc(C(=O)N(C)C)cc1NC(=O)c1ccc(C(=O)O)o1. The number of benzene rings is 1. The largest absolute Gasteiger partial charge is 0.492 e. The number of aromatic carboxylic acids is 1. The fraction of sp³-hybridized carbons (Fsp3) is 0.235. The summed E-state index contributed by atoms with van der Waals surface area (Å²) in [4.78, 5) is 36.6. The minimum absolute atomic E-state index is 0.163. The summed E-state index contributed by atoms with van der Waals surface area (Å²) in [6.45, 7) is 2.16.